The molecular weight excluding hydrogens is 334 g/mol. The fraction of sp³-hybridized carbons (Fsp3) is 0.105. The lowest BCUT2D eigenvalue weighted by atomic mass is 10.2. The molecule has 2 aromatic heterocycles. The quantitative estimate of drug-likeness (QED) is 0.546. The molecule has 0 unspecified atom stereocenters. The van der Waals surface area contributed by atoms with Gasteiger partial charge in [-0.1, -0.05) is 35.9 Å². The van der Waals surface area contributed by atoms with Crippen molar-refractivity contribution in [2.24, 2.45) is 0 Å². The van der Waals surface area contributed by atoms with Gasteiger partial charge < -0.3 is 4.90 Å². The third-order valence-corrected chi connectivity index (χ3v) is 4.78. The van der Waals surface area contributed by atoms with Crippen LogP contribution in [0.5, 0.6) is 0 Å². The van der Waals surface area contributed by atoms with E-state index in [0.29, 0.717) is 5.02 Å². The van der Waals surface area contributed by atoms with Crippen LogP contribution < -0.4 is 4.90 Å². The highest BCUT2D eigenvalue weighted by Gasteiger charge is 2.24. The Morgan fingerprint density at radius 1 is 1.00 bits per heavy atom. The smallest absolute Gasteiger partial charge is 0.168 e. The minimum atomic E-state index is 0.670. The summed E-state index contributed by atoms with van der Waals surface area (Å²) >= 11 is 6.12. The van der Waals surface area contributed by atoms with Crippen LogP contribution in [0.1, 0.15) is 5.56 Å². The number of nitrogens with zero attached hydrogens (tertiary/aromatic N) is 5. The van der Waals surface area contributed by atoms with Gasteiger partial charge in [0.25, 0.3) is 0 Å². The summed E-state index contributed by atoms with van der Waals surface area (Å²) in [5, 5.41) is 6.12. The standard InChI is InChI=1S/C19H14ClN5/c20-14-5-3-6-15(10-14)25-19-16(11-23-25)18(21-12-22-19)24-9-8-13-4-1-2-7-17(13)24/h1-7,10-12H,8-9H2. The molecule has 2 aromatic carbocycles. The molecule has 0 radical (unpaired) electrons. The van der Waals surface area contributed by atoms with Crippen molar-refractivity contribution in [2.75, 3.05) is 11.4 Å². The Labute approximate surface area is 149 Å². The first kappa shape index (κ1) is 14.4. The zero-order valence-electron chi connectivity index (χ0n) is 13.3. The van der Waals surface area contributed by atoms with E-state index in [1.807, 2.05) is 30.5 Å². The molecular formula is C19H14ClN5. The van der Waals surface area contributed by atoms with E-state index < -0.39 is 0 Å². The first-order valence-corrected chi connectivity index (χ1v) is 8.49. The van der Waals surface area contributed by atoms with Crippen LogP contribution in [-0.2, 0) is 6.42 Å². The van der Waals surface area contributed by atoms with E-state index in [0.717, 1.165) is 35.5 Å². The van der Waals surface area contributed by atoms with Gasteiger partial charge in [0.15, 0.2) is 5.65 Å². The summed E-state index contributed by atoms with van der Waals surface area (Å²) in [4.78, 5) is 11.2. The summed E-state index contributed by atoms with van der Waals surface area (Å²) in [5.74, 6) is 0.892. The van der Waals surface area contributed by atoms with E-state index in [1.165, 1.54) is 11.3 Å². The fourth-order valence-electron chi connectivity index (χ4n) is 3.40. The second-order valence-electron chi connectivity index (χ2n) is 6.00. The normalized spacial score (nSPS) is 13.4. The van der Waals surface area contributed by atoms with Gasteiger partial charge in [0.2, 0.25) is 0 Å². The zero-order valence-corrected chi connectivity index (χ0v) is 14.1. The lowest BCUT2D eigenvalue weighted by Gasteiger charge is -2.18. The summed E-state index contributed by atoms with van der Waals surface area (Å²) in [6, 6.07) is 16.0. The molecule has 0 saturated heterocycles. The highest BCUT2D eigenvalue weighted by atomic mass is 35.5. The van der Waals surface area contributed by atoms with E-state index in [1.54, 1.807) is 11.0 Å². The zero-order chi connectivity index (χ0) is 16.8. The summed E-state index contributed by atoms with van der Waals surface area (Å²) in [5.41, 5.74) is 4.21. The van der Waals surface area contributed by atoms with Crippen LogP contribution in [0.3, 0.4) is 0 Å². The molecule has 5 nitrogen and oxygen atoms in total. The number of halogens is 1. The molecule has 4 aromatic rings. The number of fused-ring (bicyclic) bond motifs is 2. The second-order valence-corrected chi connectivity index (χ2v) is 6.44. The Bertz CT molecular complexity index is 1090. The van der Waals surface area contributed by atoms with Crippen molar-refractivity contribution in [3.63, 3.8) is 0 Å². The van der Waals surface area contributed by atoms with Crippen molar-refractivity contribution in [1.29, 1.82) is 0 Å². The Morgan fingerprint density at radius 2 is 1.92 bits per heavy atom. The van der Waals surface area contributed by atoms with Crippen LogP contribution in [0.25, 0.3) is 16.7 Å². The first-order chi connectivity index (χ1) is 12.3. The average Bonchev–Trinajstić information content (AvgIpc) is 3.26. The molecule has 0 amide bonds. The van der Waals surface area contributed by atoms with Gasteiger partial charge in [-0.05, 0) is 36.2 Å². The molecule has 25 heavy (non-hydrogen) atoms. The van der Waals surface area contributed by atoms with Crippen molar-refractivity contribution in [2.45, 2.75) is 6.42 Å². The molecule has 6 heteroatoms. The van der Waals surface area contributed by atoms with Gasteiger partial charge in [0, 0.05) is 17.3 Å². The van der Waals surface area contributed by atoms with Crippen LogP contribution in [0.4, 0.5) is 11.5 Å². The number of rotatable bonds is 2. The maximum atomic E-state index is 6.12. The molecule has 122 valence electrons. The summed E-state index contributed by atoms with van der Waals surface area (Å²) < 4.78 is 1.80. The van der Waals surface area contributed by atoms with E-state index in [2.05, 4.69) is 44.2 Å². The number of aromatic nitrogens is 4. The maximum Gasteiger partial charge on any atom is 0.168 e. The molecule has 0 bridgehead atoms. The number of benzene rings is 2. The average molecular weight is 348 g/mol. The van der Waals surface area contributed by atoms with E-state index >= 15 is 0 Å². The largest absolute Gasteiger partial charge is 0.325 e. The van der Waals surface area contributed by atoms with Gasteiger partial charge in [-0.3, -0.25) is 0 Å². The van der Waals surface area contributed by atoms with Gasteiger partial charge in [-0.2, -0.15) is 5.10 Å². The van der Waals surface area contributed by atoms with Gasteiger partial charge in [-0.25, -0.2) is 14.6 Å². The summed E-state index contributed by atoms with van der Waals surface area (Å²) in [6.07, 6.45) is 4.44. The van der Waals surface area contributed by atoms with Crippen molar-refractivity contribution in [1.82, 2.24) is 19.7 Å². The van der Waals surface area contributed by atoms with Crippen LogP contribution in [-0.4, -0.2) is 26.3 Å². The predicted octanol–water partition coefficient (Wildman–Crippen LogP) is 4.16. The van der Waals surface area contributed by atoms with Gasteiger partial charge >= 0.3 is 0 Å². The van der Waals surface area contributed by atoms with Crippen molar-refractivity contribution in [3.05, 3.63) is 71.6 Å². The minimum Gasteiger partial charge on any atom is -0.325 e. The molecule has 0 saturated carbocycles. The van der Waals surface area contributed by atoms with Crippen LogP contribution in [0, 0.1) is 0 Å². The third kappa shape index (κ3) is 2.27. The highest BCUT2D eigenvalue weighted by Crippen LogP contribution is 2.36. The summed E-state index contributed by atoms with van der Waals surface area (Å²) in [7, 11) is 0. The Balaban J connectivity index is 1.67. The Kier molecular flexibility index (Phi) is 3.21. The van der Waals surface area contributed by atoms with Crippen LogP contribution in [0.2, 0.25) is 5.02 Å². The monoisotopic (exact) mass is 347 g/mol. The van der Waals surface area contributed by atoms with Gasteiger partial charge in [0.05, 0.1) is 17.3 Å². The van der Waals surface area contributed by atoms with Crippen molar-refractivity contribution >= 4 is 34.1 Å². The highest BCUT2D eigenvalue weighted by molar-refractivity contribution is 6.30. The SMILES string of the molecule is Clc1cccc(-n2ncc3c(N4CCc5ccccc54)ncnc32)c1. The van der Waals surface area contributed by atoms with Crippen LogP contribution >= 0.6 is 11.6 Å². The molecule has 3 heterocycles. The topological polar surface area (TPSA) is 46.8 Å². The molecule has 0 atom stereocenters. The molecule has 0 fully saturated rings. The van der Waals surface area contributed by atoms with E-state index in [4.69, 9.17) is 11.6 Å². The maximum absolute atomic E-state index is 6.12. The fourth-order valence-corrected chi connectivity index (χ4v) is 3.59. The molecule has 1 aliphatic rings. The van der Waals surface area contributed by atoms with Crippen molar-refractivity contribution in [3.8, 4) is 5.69 Å². The molecule has 5 rings (SSSR count). The first-order valence-electron chi connectivity index (χ1n) is 8.11. The lowest BCUT2D eigenvalue weighted by molar-refractivity contribution is 0.894. The predicted molar refractivity (Wildman–Crippen MR) is 98.8 cm³/mol. The molecule has 0 N–H and O–H groups in total. The Morgan fingerprint density at radius 3 is 2.84 bits per heavy atom. The van der Waals surface area contributed by atoms with E-state index in [-0.39, 0.29) is 0 Å². The summed E-state index contributed by atoms with van der Waals surface area (Å²) in [6.45, 7) is 0.911. The number of hydrogen-bond acceptors (Lipinski definition) is 4. The number of hydrogen-bond donors (Lipinski definition) is 0. The molecule has 0 spiro atoms. The number of anilines is 2. The second kappa shape index (κ2) is 5.57. The number of para-hydroxylation sites is 1. The van der Waals surface area contributed by atoms with Gasteiger partial charge in [0.1, 0.15) is 12.1 Å². The third-order valence-electron chi connectivity index (χ3n) is 4.54. The van der Waals surface area contributed by atoms with E-state index in [9.17, 15) is 0 Å². The van der Waals surface area contributed by atoms with Crippen LogP contribution in [0.15, 0.2) is 61.1 Å². The Hall–Kier alpha value is -2.92. The van der Waals surface area contributed by atoms with Crippen molar-refractivity contribution < 1.29 is 0 Å². The molecule has 0 aliphatic carbocycles. The minimum absolute atomic E-state index is 0.670. The molecule has 1 aliphatic heterocycles. The lowest BCUT2D eigenvalue weighted by Crippen LogP contribution is -2.15. The van der Waals surface area contributed by atoms with Gasteiger partial charge in [-0.15, -0.1) is 0 Å².